The van der Waals surface area contributed by atoms with E-state index in [-0.39, 0.29) is 5.91 Å². The topological polar surface area (TPSA) is 67.9 Å². The Bertz CT molecular complexity index is 282. The first-order valence-corrected chi connectivity index (χ1v) is 6.46. The molecule has 0 spiro atoms. The van der Waals surface area contributed by atoms with Crippen molar-refractivity contribution in [1.29, 1.82) is 0 Å². The maximum Gasteiger partial charge on any atom is 0.329 e. The predicted octanol–water partition coefficient (Wildman–Crippen LogP) is 0.269. The van der Waals surface area contributed by atoms with Gasteiger partial charge in [0.15, 0.2) is 0 Å². The largest absolute Gasteiger partial charge is 0.467 e. The smallest absolute Gasteiger partial charge is 0.329 e. The number of hydrogen-bond donors (Lipinski definition) is 1. The molecule has 1 N–H and O–H groups in total. The summed E-state index contributed by atoms with van der Waals surface area (Å²) < 4.78 is 9.77. The van der Waals surface area contributed by atoms with Gasteiger partial charge in [0.1, 0.15) is 6.04 Å². The van der Waals surface area contributed by atoms with Gasteiger partial charge < -0.3 is 14.8 Å². The van der Waals surface area contributed by atoms with Gasteiger partial charge in [-0.3, -0.25) is 9.69 Å². The van der Waals surface area contributed by atoms with E-state index in [2.05, 4.69) is 24.1 Å². The van der Waals surface area contributed by atoms with Crippen molar-refractivity contribution >= 4 is 11.9 Å². The summed E-state index contributed by atoms with van der Waals surface area (Å²) in [5.41, 5.74) is 0. The summed E-state index contributed by atoms with van der Waals surface area (Å²) in [5.74, 6) is -0.208. The Balaban J connectivity index is 4.60. The maximum absolute atomic E-state index is 11.6. The molecule has 0 saturated heterocycles. The Morgan fingerprint density at radius 1 is 1.21 bits per heavy atom. The minimum atomic E-state index is -0.641. The number of nitrogens with one attached hydrogen (secondary N) is 1. The van der Waals surface area contributed by atoms with Crippen molar-refractivity contribution in [2.24, 2.45) is 5.92 Å². The van der Waals surface area contributed by atoms with Gasteiger partial charge in [-0.05, 0) is 5.92 Å². The van der Waals surface area contributed by atoms with E-state index in [0.29, 0.717) is 25.6 Å². The van der Waals surface area contributed by atoms with Gasteiger partial charge in [0, 0.05) is 33.7 Å². The lowest BCUT2D eigenvalue weighted by Gasteiger charge is -2.27. The van der Waals surface area contributed by atoms with Gasteiger partial charge in [-0.25, -0.2) is 4.79 Å². The summed E-state index contributed by atoms with van der Waals surface area (Å²) in [6.45, 7) is 8.14. The summed E-state index contributed by atoms with van der Waals surface area (Å²) in [7, 11) is 2.96. The molecule has 0 heterocycles. The van der Waals surface area contributed by atoms with Gasteiger partial charge in [-0.1, -0.05) is 13.8 Å². The summed E-state index contributed by atoms with van der Waals surface area (Å²) in [5, 5.41) is 2.61. The second-order valence-electron chi connectivity index (χ2n) is 4.92. The summed E-state index contributed by atoms with van der Waals surface area (Å²) >= 11 is 0. The van der Waals surface area contributed by atoms with Gasteiger partial charge in [0.25, 0.3) is 0 Å². The van der Waals surface area contributed by atoms with Crippen LogP contribution in [0.3, 0.4) is 0 Å². The van der Waals surface area contributed by atoms with Crippen molar-refractivity contribution in [2.45, 2.75) is 26.8 Å². The van der Waals surface area contributed by atoms with Crippen molar-refractivity contribution in [3.63, 3.8) is 0 Å². The number of carbonyl (C=O) groups excluding carboxylic acids is 2. The first kappa shape index (κ1) is 17.9. The zero-order chi connectivity index (χ0) is 14.8. The zero-order valence-corrected chi connectivity index (χ0v) is 12.6. The summed E-state index contributed by atoms with van der Waals surface area (Å²) in [6, 6.07) is -0.641. The molecule has 0 rings (SSSR count). The van der Waals surface area contributed by atoms with Crippen LogP contribution >= 0.6 is 0 Å². The third kappa shape index (κ3) is 8.56. The third-order valence-corrected chi connectivity index (χ3v) is 2.54. The van der Waals surface area contributed by atoms with Crippen LogP contribution in [0.25, 0.3) is 0 Å². The molecule has 0 fully saturated rings. The highest BCUT2D eigenvalue weighted by Crippen LogP contribution is 2.02. The van der Waals surface area contributed by atoms with Crippen molar-refractivity contribution in [2.75, 3.05) is 40.5 Å². The van der Waals surface area contributed by atoms with E-state index < -0.39 is 12.0 Å². The van der Waals surface area contributed by atoms with E-state index in [9.17, 15) is 9.59 Å². The molecule has 0 aromatic rings. The number of amides is 1. The van der Waals surface area contributed by atoms with Crippen LogP contribution in [0.1, 0.15) is 20.8 Å². The molecule has 1 atom stereocenters. The van der Waals surface area contributed by atoms with E-state index >= 15 is 0 Å². The molecule has 112 valence electrons. The number of hydrogen-bond acceptors (Lipinski definition) is 5. The van der Waals surface area contributed by atoms with Crippen LogP contribution in [0.5, 0.6) is 0 Å². The van der Waals surface area contributed by atoms with Crippen molar-refractivity contribution in [1.82, 2.24) is 10.2 Å². The van der Waals surface area contributed by atoms with Gasteiger partial charge in [0.2, 0.25) is 5.91 Å². The second kappa shape index (κ2) is 9.75. The quantitative estimate of drug-likeness (QED) is 0.611. The SMILES string of the molecule is COCCN(CC(C)C)CC(NC(C)=O)C(=O)OC. The van der Waals surface area contributed by atoms with Crippen LogP contribution in [0.4, 0.5) is 0 Å². The molecule has 1 unspecified atom stereocenters. The first-order chi connectivity index (χ1) is 8.90. The van der Waals surface area contributed by atoms with Gasteiger partial charge in [0.05, 0.1) is 13.7 Å². The molecule has 6 heteroatoms. The monoisotopic (exact) mass is 274 g/mol. The normalized spacial score (nSPS) is 12.6. The van der Waals surface area contributed by atoms with Gasteiger partial charge >= 0.3 is 5.97 Å². The maximum atomic E-state index is 11.6. The third-order valence-electron chi connectivity index (χ3n) is 2.54. The number of rotatable bonds is 9. The molecule has 6 nitrogen and oxygen atoms in total. The highest BCUT2D eigenvalue weighted by atomic mass is 16.5. The molecule has 0 aliphatic rings. The Labute approximate surface area is 115 Å². The minimum absolute atomic E-state index is 0.244. The van der Waals surface area contributed by atoms with Gasteiger partial charge in [-0.15, -0.1) is 0 Å². The minimum Gasteiger partial charge on any atom is -0.467 e. The van der Waals surface area contributed by atoms with E-state index in [1.807, 2.05) is 0 Å². The average Bonchev–Trinajstić information content (AvgIpc) is 2.32. The molecule has 0 bridgehead atoms. The lowest BCUT2D eigenvalue weighted by atomic mass is 10.2. The fourth-order valence-electron chi connectivity index (χ4n) is 1.82. The van der Waals surface area contributed by atoms with Crippen LogP contribution in [-0.4, -0.2) is 63.3 Å². The summed E-state index contributed by atoms with van der Waals surface area (Å²) in [4.78, 5) is 24.9. The molecular formula is C13H26N2O4. The fraction of sp³-hybridized carbons (Fsp3) is 0.846. The highest BCUT2D eigenvalue weighted by molar-refractivity contribution is 5.83. The molecule has 0 aliphatic heterocycles. The Hall–Kier alpha value is -1.14. The van der Waals surface area contributed by atoms with Crippen molar-refractivity contribution in [3.8, 4) is 0 Å². The average molecular weight is 274 g/mol. The molecule has 0 radical (unpaired) electrons. The molecular weight excluding hydrogens is 248 g/mol. The number of ether oxygens (including phenoxy) is 2. The second-order valence-corrected chi connectivity index (χ2v) is 4.92. The van der Waals surface area contributed by atoms with E-state index in [1.54, 1.807) is 7.11 Å². The Morgan fingerprint density at radius 2 is 1.84 bits per heavy atom. The van der Waals surface area contributed by atoms with E-state index in [4.69, 9.17) is 9.47 Å². The van der Waals surface area contributed by atoms with E-state index in [1.165, 1.54) is 14.0 Å². The molecule has 19 heavy (non-hydrogen) atoms. The number of nitrogens with zero attached hydrogens (tertiary/aromatic N) is 1. The molecule has 0 aliphatic carbocycles. The van der Waals surface area contributed by atoms with E-state index in [0.717, 1.165) is 6.54 Å². The number of esters is 1. The lowest BCUT2D eigenvalue weighted by Crippen LogP contribution is -2.49. The van der Waals surface area contributed by atoms with Crippen molar-refractivity contribution in [3.05, 3.63) is 0 Å². The standard InChI is InChI=1S/C13H26N2O4/c1-10(2)8-15(6-7-18-4)9-12(13(17)19-5)14-11(3)16/h10,12H,6-9H2,1-5H3,(H,14,16). The number of carbonyl (C=O) groups is 2. The Kier molecular flexibility index (Phi) is 9.16. The van der Waals surface area contributed by atoms with Crippen LogP contribution in [0, 0.1) is 5.92 Å². The zero-order valence-electron chi connectivity index (χ0n) is 12.6. The predicted molar refractivity (Wildman–Crippen MR) is 72.8 cm³/mol. The van der Waals surface area contributed by atoms with Crippen molar-refractivity contribution < 1.29 is 19.1 Å². The first-order valence-electron chi connectivity index (χ1n) is 6.46. The fourth-order valence-corrected chi connectivity index (χ4v) is 1.82. The van der Waals surface area contributed by atoms with Crippen LogP contribution in [0.15, 0.2) is 0 Å². The summed E-state index contributed by atoms with van der Waals surface area (Å²) in [6.07, 6.45) is 0. The van der Waals surface area contributed by atoms with Crippen LogP contribution in [-0.2, 0) is 19.1 Å². The lowest BCUT2D eigenvalue weighted by molar-refractivity contribution is -0.145. The molecule has 0 aromatic heterocycles. The van der Waals surface area contributed by atoms with Crippen LogP contribution in [0.2, 0.25) is 0 Å². The van der Waals surface area contributed by atoms with Gasteiger partial charge in [-0.2, -0.15) is 0 Å². The molecule has 0 aromatic carbocycles. The van der Waals surface area contributed by atoms with Crippen LogP contribution < -0.4 is 5.32 Å². The molecule has 1 amide bonds. The highest BCUT2D eigenvalue weighted by Gasteiger charge is 2.23. The Morgan fingerprint density at radius 3 is 2.26 bits per heavy atom. The molecule has 0 saturated carbocycles. The number of methoxy groups -OCH3 is 2.